The van der Waals surface area contributed by atoms with E-state index >= 15 is 0 Å². The summed E-state index contributed by atoms with van der Waals surface area (Å²) in [7, 11) is 0. The highest BCUT2D eigenvalue weighted by molar-refractivity contribution is 6.63. The molecule has 0 N–H and O–H groups in total. The Morgan fingerprint density at radius 1 is 1.15 bits per heavy atom. The number of carbonyl (C=O) groups is 1. The van der Waals surface area contributed by atoms with Crippen LogP contribution >= 0.6 is 11.6 Å². The molecule has 0 aromatic heterocycles. The van der Waals surface area contributed by atoms with Gasteiger partial charge in [0.15, 0.2) is 0 Å². The Morgan fingerprint density at radius 2 is 1.62 bits per heavy atom. The molecular weight excluding hydrogens is 184 g/mol. The average molecular weight is 205 g/mol. The van der Waals surface area contributed by atoms with Gasteiger partial charge in [-0.25, -0.2) is 0 Å². The van der Waals surface area contributed by atoms with Crippen molar-refractivity contribution in [3.05, 3.63) is 0 Å². The van der Waals surface area contributed by atoms with Crippen LogP contribution in [0.1, 0.15) is 53.9 Å². The lowest BCUT2D eigenvalue weighted by Crippen LogP contribution is -2.21. The molecule has 0 rings (SSSR count). The van der Waals surface area contributed by atoms with Crippen molar-refractivity contribution in [3.8, 4) is 0 Å². The van der Waals surface area contributed by atoms with E-state index in [9.17, 15) is 4.79 Å². The Kier molecular flexibility index (Phi) is 4.44. The second kappa shape index (κ2) is 4.45. The summed E-state index contributed by atoms with van der Waals surface area (Å²) in [5, 5.41) is -0.220. The van der Waals surface area contributed by atoms with E-state index in [1.807, 2.05) is 0 Å². The van der Waals surface area contributed by atoms with Crippen LogP contribution in [-0.2, 0) is 4.79 Å². The lowest BCUT2D eigenvalue weighted by atomic mass is 9.74. The molecule has 0 heterocycles. The zero-order chi connectivity index (χ0) is 10.7. The Hall–Kier alpha value is -0.0400. The Bertz CT molecular complexity index is 177. The third-order valence-electron chi connectivity index (χ3n) is 2.01. The van der Waals surface area contributed by atoms with E-state index in [1.165, 1.54) is 0 Å². The minimum atomic E-state index is -0.220. The molecule has 0 atom stereocenters. The van der Waals surface area contributed by atoms with Crippen LogP contribution in [0.5, 0.6) is 0 Å². The lowest BCUT2D eigenvalue weighted by molar-refractivity contribution is -0.112. The SMILES string of the molecule is CC(C)(C)CC(C)(C)CCC(=O)Cl. The maximum absolute atomic E-state index is 10.6. The second-order valence-corrected chi connectivity index (χ2v) is 6.18. The van der Waals surface area contributed by atoms with Crippen LogP contribution in [0.25, 0.3) is 0 Å². The fourth-order valence-corrected chi connectivity index (χ4v) is 2.06. The highest BCUT2D eigenvalue weighted by atomic mass is 35.5. The van der Waals surface area contributed by atoms with E-state index in [1.54, 1.807) is 0 Å². The fraction of sp³-hybridized carbons (Fsp3) is 0.909. The van der Waals surface area contributed by atoms with Gasteiger partial charge >= 0.3 is 0 Å². The van der Waals surface area contributed by atoms with Gasteiger partial charge in [-0.1, -0.05) is 34.6 Å². The van der Waals surface area contributed by atoms with Crippen LogP contribution in [0.15, 0.2) is 0 Å². The average Bonchev–Trinajstić information content (AvgIpc) is 1.78. The number of hydrogen-bond donors (Lipinski definition) is 0. The van der Waals surface area contributed by atoms with Crippen molar-refractivity contribution in [1.82, 2.24) is 0 Å². The first kappa shape index (κ1) is 13.0. The molecule has 1 nitrogen and oxygen atoms in total. The minimum absolute atomic E-state index is 0.211. The Balaban J connectivity index is 4.01. The number of rotatable bonds is 4. The molecule has 13 heavy (non-hydrogen) atoms. The molecule has 0 spiro atoms. The van der Waals surface area contributed by atoms with Gasteiger partial charge in [-0.15, -0.1) is 0 Å². The monoisotopic (exact) mass is 204 g/mol. The van der Waals surface area contributed by atoms with Gasteiger partial charge in [0.25, 0.3) is 0 Å². The normalized spacial score (nSPS) is 13.1. The number of halogens is 1. The molecule has 0 aromatic carbocycles. The Morgan fingerprint density at radius 3 is 1.92 bits per heavy atom. The summed E-state index contributed by atoms with van der Waals surface area (Å²) in [5.74, 6) is 0. The van der Waals surface area contributed by atoms with E-state index in [2.05, 4.69) is 34.6 Å². The molecule has 0 aliphatic rings. The standard InChI is InChI=1S/C11H21ClO/c1-10(2,3)8-11(4,5)7-6-9(12)13/h6-8H2,1-5H3. The van der Waals surface area contributed by atoms with Crippen LogP contribution in [0, 0.1) is 10.8 Å². The summed E-state index contributed by atoms with van der Waals surface area (Å²) in [5.41, 5.74) is 0.529. The molecule has 0 fully saturated rings. The van der Waals surface area contributed by atoms with Crippen LogP contribution < -0.4 is 0 Å². The van der Waals surface area contributed by atoms with E-state index in [0.29, 0.717) is 11.8 Å². The first-order valence-electron chi connectivity index (χ1n) is 4.81. The second-order valence-electron chi connectivity index (χ2n) is 5.76. The van der Waals surface area contributed by atoms with Gasteiger partial charge in [-0.3, -0.25) is 4.79 Å². The topological polar surface area (TPSA) is 17.1 Å². The van der Waals surface area contributed by atoms with Crippen molar-refractivity contribution in [2.75, 3.05) is 0 Å². The van der Waals surface area contributed by atoms with Crippen molar-refractivity contribution >= 4 is 16.8 Å². The molecule has 0 radical (unpaired) electrons. The largest absolute Gasteiger partial charge is 0.281 e. The van der Waals surface area contributed by atoms with Crippen molar-refractivity contribution in [3.63, 3.8) is 0 Å². The maximum atomic E-state index is 10.6. The van der Waals surface area contributed by atoms with Crippen LogP contribution in [0.3, 0.4) is 0 Å². The van der Waals surface area contributed by atoms with Crippen LogP contribution in [0.4, 0.5) is 0 Å². The van der Waals surface area contributed by atoms with E-state index in [4.69, 9.17) is 11.6 Å². The molecule has 0 saturated carbocycles. The summed E-state index contributed by atoms with van der Waals surface area (Å²) in [4.78, 5) is 10.6. The molecule has 0 saturated heterocycles. The third kappa shape index (κ3) is 8.29. The lowest BCUT2D eigenvalue weighted by Gasteiger charge is -2.32. The summed E-state index contributed by atoms with van der Waals surface area (Å²) >= 11 is 5.32. The summed E-state index contributed by atoms with van der Waals surface area (Å²) < 4.78 is 0. The Labute approximate surface area is 86.9 Å². The molecule has 2 heteroatoms. The van der Waals surface area contributed by atoms with Gasteiger partial charge in [0.1, 0.15) is 0 Å². The predicted molar refractivity (Wildman–Crippen MR) is 57.9 cm³/mol. The van der Waals surface area contributed by atoms with E-state index in [-0.39, 0.29) is 10.7 Å². The van der Waals surface area contributed by atoms with Crippen molar-refractivity contribution in [1.29, 1.82) is 0 Å². The quantitative estimate of drug-likeness (QED) is 0.633. The van der Waals surface area contributed by atoms with E-state index in [0.717, 1.165) is 12.8 Å². The fourth-order valence-electron chi connectivity index (χ4n) is 1.96. The van der Waals surface area contributed by atoms with Gasteiger partial charge in [-0.2, -0.15) is 0 Å². The van der Waals surface area contributed by atoms with Crippen molar-refractivity contribution in [2.45, 2.75) is 53.9 Å². The number of hydrogen-bond acceptors (Lipinski definition) is 1. The summed E-state index contributed by atoms with van der Waals surface area (Å²) in [6, 6.07) is 0. The van der Waals surface area contributed by atoms with Gasteiger partial charge in [0.05, 0.1) is 0 Å². The van der Waals surface area contributed by atoms with Gasteiger partial charge in [0.2, 0.25) is 5.24 Å². The molecule has 0 aliphatic heterocycles. The van der Waals surface area contributed by atoms with Gasteiger partial charge in [-0.05, 0) is 35.3 Å². The zero-order valence-electron chi connectivity index (χ0n) is 9.41. The molecule has 0 aromatic rings. The summed E-state index contributed by atoms with van der Waals surface area (Å²) in [6.45, 7) is 11.0. The predicted octanol–water partition coefficient (Wildman–Crippen LogP) is 3.99. The van der Waals surface area contributed by atoms with Crippen molar-refractivity contribution < 1.29 is 4.79 Å². The van der Waals surface area contributed by atoms with Gasteiger partial charge < -0.3 is 0 Å². The summed E-state index contributed by atoms with van der Waals surface area (Å²) in [6.07, 6.45) is 2.49. The molecule has 78 valence electrons. The molecule has 0 aliphatic carbocycles. The molecule has 0 unspecified atom stereocenters. The maximum Gasteiger partial charge on any atom is 0.221 e. The van der Waals surface area contributed by atoms with Gasteiger partial charge in [0, 0.05) is 6.42 Å². The van der Waals surface area contributed by atoms with Crippen LogP contribution in [-0.4, -0.2) is 5.24 Å². The molecule has 0 bridgehead atoms. The first-order valence-corrected chi connectivity index (χ1v) is 5.19. The van der Waals surface area contributed by atoms with Crippen LogP contribution in [0.2, 0.25) is 0 Å². The zero-order valence-corrected chi connectivity index (χ0v) is 10.2. The smallest absolute Gasteiger partial charge is 0.221 e. The molecule has 0 amide bonds. The number of carbonyl (C=O) groups excluding carboxylic acids is 1. The third-order valence-corrected chi connectivity index (χ3v) is 2.20. The highest BCUT2D eigenvalue weighted by Crippen LogP contribution is 2.36. The minimum Gasteiger partial charge on any atom is -0.281 e. The molecular formula is C11H21ClO. The highest BCUT2D eigenvalue weighted by Gasteiger charge is 2.25. The van der Waals surface area contributed by atoms with Crippen molar-refractivity contribution in [2.24, 2.45) is 10.8 Å². The first-order chi connectivity index (χ1) is 5.62. The van der Waals surface area contributed by atoms with E-state index < -0.39 is 0 Å².